The molecule has 0 unspecified atom stereocenters. The molecule has 8 heteroatoms. The zero-order valence-electron chi connectivity index (χ0n) is 16.4. The molecule has 0 bridgehead atoms. The Morgan fingerprint density at radius 2 is 1.96 bits per heavy atom. The Balaban J connectivity index is 0.00000364. The summed E-state index contributed by atoms with van der Waals surface area (Å²) in [6.45, 7) is 7.49. The van der Waals surface area contributed by atoms with Crippen LogP contribution in [0.5, 0.6) is 0 Å². The van der Waals surface area contributed by atoms with Gasteiger partial charge in [0.15, 0.2) is 11.8 Å². The number of hydrogen-bond donors (Lipinski definition) is 2. The highest BCUT2D eigenvalue weighted by Gasteiger charge is 2.09. The first-order valence-electron chi connectivity index (χ1n) is 9.01. The second-order valence-corrected chi connectivity index (χ2v) is 6.55. The molecule has 0 saturated heterocycles. The van der Waals surface area contributed by atoms with Crippen LogP contribution < -0.4 is 10.6 Å². The lowest BCUT2D eigenvalue weighted by molar-refractivity contribution is 0.368. The van der Waals surface area contributed by atoms with Crippen molar-refractivity contribution in [3.63, 3.8) is 0 Å². The maximum absolute atomic E-state index is 13.1. The van der Waals surface area contributed by atoms with E-state index >= 15 is 0 Å². The van der Waals surface area contributed by atoms with Crippen LogP contribution in [0.15, 0.2) is 27.7 Å². The summed E-state index contributed by atoms with van der Waals surface area (Å²) >= 11 is 0. The van der Waals surface area contributed by atoms with E-state index in [2.05, 4.69) is 25.8 Å². The first kappa shape index (κ1) is 23.3. The van der Waals surface area contributed by atoms with E-state index in [1.165, 1.54) is 6.07 Å². The number of nitrogens with one attached hydrogen (secondary N) is 2. The number of rotatable bonds is 8. The van der Waals surface area contributed by atoms with E-state index in [0.717, 1.165) is 55.3 Å². The van der Waals surface area contributed by atoms with Crippen LogP contribution in [0, 0.1) is 12.7 Å². The summed E-state index contributed by atoms with van der Waals surface area (Å²) in [6, 6.07) is 4.89. The van der Waals surface area contributed by atoms with Gasteiger partial charge in [0.2, 0.25) is 5.89 Å². The summed E-state index contributed by atoms with van der Waals surface area (Å²) in [5.74, 6) is 2.25. The van der Waals surface area contributed by atoms with Crippen molar-refractivity contribution >= 4 is 29.9 Å². The standard InChI is InChI=1S/C19H28FN5O.HI/c1-13(2)18-24-17(26-25-18)6-5-10-22-19(21-4)23-11-9-15-7-8-16(20)12-14(15)3;/h7-8,12-13H,5-6,9-11H2,1-4H3,(H2,21,22,23);1H. The SMILES string of the molecule is CN=C(NCCCc1nc(C(C)C)no1)NCCc1ccc(F)cc1C.I. The molecule has 27 heavy (non-hydrogen) atoms. The molecule has 6 nitrogen and oxygen atoms in total. The maximum atomic E-state index is 13.1. The Bertz CT molecular complexity index is 733. The van der Waals surface area contributed by atoms with E-state index in [1.54, 1.807) is 13.1 Å². The molecule has 1 heterocycles. The van der Waals surface area contributed by atoms with E-state index in [0.29, 0.717) is 5.89 Å². The number of aryl methyl sites for hydroxylation is 2. The predicted molar refractivity (Wildman–Crippen MR) is 116 cm³/mol. The summed E-state index contributed by atoms with van der Waals surface area (Å²) in [6.07, 6.45) is 2.42. The van der Waals surface area contributed by atoms with Gasteiger partial charge in [0, 0.05) is 32.5 Å². The third-order valence-electron chi connectivity index (χ3n) is 4.08. The molecule has 0 saturated carbocycles. The second kappa shape index (κ2) is 11.9. The molecule has 0 radical (unpaired) electrons. The molecule has 150 valence electrons. The summed E-state index contributed by atoms with van der Waals surface area (Å²) < 4.78 is 18.4. The van der Waals surface area contributed by atoms with Crippen LogP contribution in [0.4, 0.5) is 4.39 Å². The average Bonchev–Trinajstić information content (AvgIpc) is 3.08. The van der Waals surface area contributed by atoms with Crippen molar-refractivity contribution in [2.45, 2.75) is 46.0 Å². The Labute approximate surface area is 177 Å². The molecule has 2 aromatic rings. The van der Waals surface area contributed by atoms with Crippen LogP contribution in [0.1, 0.15) is 49.0 Å². The quantitative estimate of drug-likeness (QED) is 0.257. The molecule has 2 rings (SSSR count). The van der Waals surface area contributed by atoms with Gasteiger partial charge in [0.1, 0.15) is 5.82 Å². The largest absolute Gasteiger partial charge is 0.356 e. The number of nitrogens with zero attached hydrogens (tertiary/aromatic N) is 3. The molecule has 0 atom stereocenters. The summed E-state index contributed by atoms with van der Waals surface area (Å²) in [4.78, 5) is 8.58. The van der Waals surface area contributed by atoms with Gasteiger partial charge in [-0.1, -0.05) is 25.1 Å². The summed E-state index contributed by atoms with van der Waals surface area (Å²) in [5.41, 5.74) is 2.10. The van der Waals surface area contributed by atoms with Gasteiger partial charge in [-0.15, -0.1) is 24.0 Å². The fourth-order valence-corrected chi connectivity index (χ4v) is 2.53. The van der Waals surface area contributed by atoms with Crippen LogP contribution >= 0.6 is 24.0 Å². The van der Waals surface area contributed by atoms with Gasteiger partial charge in [-0.3, -0.25) is 4.99 Å². The van der Waals surface area contributed by atoms with Crippen molar-refractivity contribution in [1.82, 2.24) is 20.8 Å². The van der Waals surface area contributed by atoms with E-state index < -0.39 is 0 Å². The van der Waals surface area contributed by atoms with E-state index in [1.807, 2.05) is 26.8 Å². The molecule has 0 aliphatic carbocycles. The van der Waals surface area contributed by atoms with E-state index in [4.69, 9.17) is 4.52 Å². The van der Waals surface area contributed by atoms with Crippen molar-refractivity contribution in [3.05, 3.63) is 46.9 Å². The molecule has 0 amide bonds. The van der Waals surface area contributed by atoms with Crippen LogP contribution in [0.25, 0.3) is 0 Å². The van der Waals surface area contributed by atoms with E-state index in [9.17, 15) is 4.39 Å². The molecule has 0 aliphatic rings. The van der Waals surface area contributed by atoms with Gasteiger partial charge in [-0.2, -0.15) is 4.98 Å². The monoisotopic (exact) mass is 489 g/mol. The van der Waals surface area contributed by atoms with Gasteiger partial charge in [0.25, 0.3) is 0 Å². The number of aromatic nitrogens is 2. The summed E-state index contributed by atoms with van der Waals surface area (Å²) in [7, 11) is 1.74. The van der Waals surface area contributed by atoms with Gasteiger partial charge in [0.05, 0.1) is 0 Å². The average molecular weight is 489 g/mol. The third kappa shape index (κ3) is 7.82. The minimum atomic E-state index is -0.196. The first-order chi connectivity index (χ1) is 12.5. The highest BCUT2D eigenvalue weighted by molar-refractivity contribution is 14.0. The first-order valence-corrected chi connectivity index (χ1v) is 9.01. The third-order valence-corrected chi connectivity index (χ3v) is 4.08. The number of benzene rings is 1. The van der Waals surface area contributed by atoms with Gasteiger partial charge in [-0.25, -0.2) is 4.39 Å². The topological polar surface area (TPSA) is 75.3 Å². The van der Waals surface area contributed by atoms with Gasteiger partial charge in [-0.05, 0) is 43.0 Å². The molecule has 2 N–H and O–H groups in total. The maximum Gasteiger partial charge on any atom is 0.226 e. The highest BCUT2D eigenvalue weighted by Crippen LogP contribution is 2.11. The van der Waals surface area contributed by atoms with Gasteiger partial charge >= 0.3 is 0 Å². The van der Waals surface area contributed by atoms with Crippen LogP contribution in [-0.4, -0.2) is 36.2 Å². The Hall–Kier alpha value is -1.71. The predicted octanol–water partition coefficient (Wildman–Crippen LogP) is 3.60. The Morgan fingerprint density at radius 3 is 2.59 bits per heavy atom. The molecule has 1 aromatic carbocycles. The molecule has 0 aliphatic heterocycles. The number of guanidine groups is 1. The van der Waals surface area contributed by atoms with Crippen molar-refractivity contribution in [2.75, 3.05) is 20.1 Å². The fraction of sp³-hybridized carbons (Fsp3) is 0.526. The number of halogens is 2. The molecular formula is C19H29FIN5O. The zero-order valence-corrected chi connectivity index (χ0v) is 18.7. The lowest BCUT2D eigenvalue weighted by atomic mass is 10.1. The Morgan fingerprint density at radius 1 is 1.22 bits per heavy atom. The van der Waals surface area contributed by atoms with Crippen molar-refractivity contribution in [3.8, 4) is 0 Å². The lowest BCUT2D eigenvalue weighted by Gasteiger charge is -2.12. The molecule has 1 aromatic heterocycles. The molecule has 0 spiro atoms. The van der Waals surface area contributed by atoms with Crippen molar-refractivity contribution < 1.29 is 8.91 Å². The second-order valence-electron chi connectivity index (χ2n) is 6.55. The van der Waals surface area contributed by atoms with Crippen molar-refractivity contribution in [1.29, 1.82) is 0 Å². The van der Waals surface area contributed by atoms with Gasteiger partial charge < -0.3 is 15.2 Å². The molecule has 0 fully saturated rings. The Kier molecular flexibility index (Phi) is 10.3. The minimum Gasteiger partial charge on any atom is -0.356 e. The fourth-order valence-electron chi connectivity index (χ4n) is 2.53. The van der Waals surface area contributed by atoms with Crippen LogP contribution in [-0.2, 0) is 12.8 Å². The smallest absolute Gasteiger partial charge is 0.226 e. The van der Waals surface area contributed by atoms with E-state index in [-0.39, 0.29) is 35.7 Å². The van der Waals surface area contributed by atoms with Crippen LogP contribution in [0.2, 0.25) is 0 Å². The van der Waals surface area contributed by atoms with Crippen LogP contribution in [0.3, 0.4) is 0 Å². The lowest BCUT2D eigenvalue weighted by Crippen LogP contribution is -2.38. The minimum absolute atomic E-state index is 0. The normalized spacial score (nSPS) is 11.4. The summed E-state index contributed by atoms with van der Waals surface area (Å²) in [5, 5.41) is 10.5. The number of hydrogen-bond acceptors (Lipinski definition) is 4. The van der Waals surface area contributed by atoms with Crippen molar-refractivity contribution in [2.24, 2.45) is 4.99 Å². The number of aliphatic imine (C=N–C) groups is 1. The zero-order chi connectivity index (χ0) is 18.9. The molecular weight excluding hydrogens is 460 g/mol. The highest BCUT2D eigenvalue weighted by atomic mass is 127.